The van der Waals surface area contributed by atoms with Gasteiger partial charge in [-0.05, 0) is 25.1 Å². The second kappa shape index (κ2) is 7.22. The van der Waals surface area contributed by atoms with Crippen molar-refractivity contribution >= 4 is 5.78 Å². The Morgan fingerprint density at radius 2 is 2.07 bits per heavy atom. The standard InChI is InChI=1S/C17H17F2N3O5/c1-9-3-2-4-11(20-9)12(24)7-10-5-6-22(16(26)21-10)15-17(18,19)14(25)13(8-23)27-15/h2-6,13-15,23,25H,7-8H2,1H3/t13-,14-,15-/m1/s1. The van der Waals surface area contributed by atoms with Crippen LogP contribution in [0.5, 0.6) is 0 Å². The first kappa shape index (κ1) is 19.2. The van der Waals surface area contributed by atoms with Crippen LogP contribution in [0.1, 0.15) is 28.1 Å². The van der Waals surface area contributed by atoms with E-state index in [-0.39, 0.29) is 23.6 Å². The average Bonchev–Trinajstić information content (AvgIpc) is 2.85. The first-order chi connectivity index (χ1) is 12.7. The molecule has 2 aromatic heterocycles. The number of aliphatic hydroxyl groups is 2. The molecule has 3 heterocycles. The number of hydrogen-bond acceptors (Lipinski definition) is 7. The van der Waals surface area contributed by atoms with Gasteiger partial charge in [0.2, 0.25) is 6.23 Å². The number of aryl methyl sites for hydroxylation is 1. The van der Waals surface area contributed by atoms with Gasteiger partial charge in [-0.1, -0.05) is 6.07 Å². The van der Waals surface area contributed by atoms with Gasteiger partial charge in [-0.15, -0.1) is 0 Å². The van der Waals surface area contributed by atoms with E-state index < -0.39 is 36.7 Å². The number of ketones is 1. The van der Waals surface area contributed by atoms with Gasteiger partial charge in [-0.3, -0.25) is 14.3 Å². The first-order valence-electron chi connectivity index (χ1n) is 8.11. The second-order valence-corrected chi connectivity index (χ2v) is 6.20. The molecule has 2 aromatic rings. The van der Waals surface area contributed by atoms with Gasteiger partial charge in [-0.25, -0.2) is 4.79 Å². The molecule has 2 N–H and O–H groups in total. The third-order valence-electron chi connectivity index (χ3n) is 4.22. The van der Waals surface area contributed by atoms with Crippen molar-refractivity contribution in [2.45, 2.75) is 37.7 Å². The molecule has 144 valence electrons. The van der Waals surface area contributed by atoms with Crippen molar-refractivity contribution in [2.24, 2.45) is 0 Å². The minimum atomic E-state index is -3.79. The Hall–Kier alpha value is -2.56. The van der Waals surface area contributed by atoms with E-state index in [1.165, 1.54) is 12.1 Å². The zero-order valence-corrected chi connectivity index (χ0v) is 14.2. The molecule has 0 radical (unpaired) electrons. The maximum absolute atomic E-state index is 14.1. The van der Waals surface area contributed by atoms with Crippen molar-refractivity contribution in [1.82, 2.24) is 14.5 Å². The monoisotopic (exact) mass is 381 g/mol. The van der Waals surface area contributed by atoms with Gasteiger partial charge in [0.1, 0.15) is 11.8 Å². The summed E-state index contributed by atoms with van der Waals surface area (Å²) in [6, 6.07) is 6.17. The summed E-state index contributed by atoms with van der Waals surface area (Å²) in [5.74, 6) is -4.16. The molecule has 8 nitrogen and oxygen atoms in total. The molecule has 10 heteroatoms. The highest BCUT2D eigenvalue weighted by molar-refractivity contribution is 5.95. The Kier molecular flexibility index (Phi) is 5.13. The van der Waals surface area contributed by atoms with Crippen LogP contribution in [0.25, 0.3) is 0 Å². The van der Waals surface area contributed by atoms with Crippen molar-refractivity contribution in [3.8, 4) is 0 Å². The Labute approximate surface area is 152 Å². The number of aliphatic hydroxyl groups excluding tert-OH is 2. The van der Waals surface area contributed by atoms with Gasteiger partial charge in [0, 0.05) is 11.9 Å². The van der Waals surface area contributed by atoms with Gasteiger partial charge in [0.25, 0.3) is 0 Å². The fourth-order valence-corrected chi connectivity index (χ4v) is 2.80. The normalized spacial score (nSPS) is 24.1. The fourth-order valence-electron chi connectivity index (χ4n) is 2.80. The van der Waals surface area contributed by atoms with Crippen molar-refractivity contribution in [1.29, 1.82) is 0 Å². The van der Waals surface area contributed by atoms with E-state index in [9.17, 15) is 23.5 Å². The molecule has 0 aromatic carbocycles. The zero-order chi connectivity index (χ0) is 19.8. The first-order valence-corrected chi connectivity index (χ1v) is 8.11. The average molecular weight is 381 g/mol. The van der Waals surface area contributed by atoms with Crippen molar-refractivity contribution in [3.05, 3.63) is 58.0 Å². The van der Waals surface area contributed by atoms with Gasteiger partial charge < -0.3 is 14.9 Å². The van der Waals surface area contributed by atoms with Crippen LogP contribution in [0, 0.1) is 6.92 Å². The van der Waals surface area contributed by atoms with E-state index in [0.717, 1.165) is 6.20 Å². The second-order valence-electron chi connectivity index (χ2n) is 6.20. The van der Waals surface area contributed by atoms with Gasteiger partial charge in [0.15, 0.2) is 11.9 Å². The van der Waals surface area contributed by atoms with Gasteiger partial charge >= 0.3 is 11.6 Å². The number of carbonyl (C=O) groups excluding carboxylic acids is 1. The number of pyridine rings is 1. The molecular formula is C17H17F2N3O5. The molecule has 1 saturated heterocycles. The summed E-state index contributed by atoms with van der Waals surface area (Å²) in [7, 11) is 0. The molecule has 3 rings (SSSR count). The summed E-state index contributed by atoms with van der Waals surface area (Å²) >= 11 is 0. The van der Waals surface area contributed by atoms with E-state index >= 15 is 0 Å². The third-order valence-corrected chi connectivity index (χ3v) is 4.22. The molecule has 3 atom stereocenters. The van der Waals surface area contributed by atoms with Crippen LogP contribution in [0.3, 0.4) is 0 Å². The number of nitrogens with zero attached hydrogens (tertiary/aromatic N) is 3. The highest BCUT2D eigenvalue weighted by atomic mass is 19.3. The molecule has 1 aliphatic heterocycles. The Bertz CT molecular complexity index is 917. The molecular weight excluding hydrogens is 364 g/mol. The molecule has 0 saturated carbocycles. The number of ether oxygens (including phenoxy) is 1. The highest BCUT2D eigenvalue weighted by Gasteiger charge is 2.59. The van der Waals surface area contributed by atoms with Crippen LogP contribution >= 0.6 is 0 Å². The molecule has 1 aliphatic rings. The molecule has 0 bridgehead atoms. The minimum Gasteiger partial charge on any atom is -0.394 e. The van der Waals surface area contributed by atoms with E-state index in [0.29, 0.717) is 10.3 Å². The summed E-state index contributed by atoms with van der Waals surface area (Å²) in [6.07, 6.45) is -5.09. The predicted octanol–water partition coefficient (Wildman–Crippen LogP) is 0.258. The fraction of sp³-hybridized carbons (Fsp3) is 0.412. The topological polar surface area (TPSA) is 115 Å². The molecule has 27 heavy (non-hydrogen) atoms. The Morgan fingerprint density at radius 1 is 1.33 bits per heavy atom. The van der Waals surface area contributed by atoms with Crippen molar-refractivity contribution in [3.63, 3.8) is 0 Å². The lowest BCUT2D eigenvalue weighted by molar-refractivity contribution is -0.141. The lowest BCUT2D eigenvalue weighted by Crippen LogP contribution is -2.41. The molecule has 0 aliphatic carbocycles. The number of halogens is 2. The van der Waals surface area contributed by atoms with E-state index in [2.05, 4.69) is 9.97 Å². The molecule has 0 spiro atoms. The van der Waals surface area contributed by atoms with Crippen LogP contribution in [-0.2, 0) is 11.2 Å². The summed E-state index contributed by atoms with van der Waals surface area (Å²) in [5.41, 5.74) is -0.111. The largest absolute Gasteiger partial charge is 0.394 e. The number of carbonyl (C=O) groups is 1. The van der Waals surface area contributed by atoms with Crippen LogP contribution in [-0.4, -0.2) is 55.3 Å². The minimum absolute atomic E-state index is 0.0881. The summed E-state index contributed by atoms with van der Waals surface area (Å²) in [6.45, 7) is 0.900. The van der Waals surface area contributed by atoms with E-state index in [1.54, 1.807) is 19.1 Å². The molecule has 1 fully saturated rings. The van der Waals surface area contributed by atoms with Crippen LogP contribution < -0.4 is 5.69 Å². The smallest absolute Gasteiger partial charge is 0.350 e. The summed E-state index contributed by atoms with van der Waals surface area (Å²) in [4.78, 5) is 32.1. The third kappa shape index (κ3) is 3.64. The van der Waals surface area contributed by atoms with Crippen molar-refractivity contribution in [2.75, 3.05) is 6.61 Å². The number of aromatic nitrogens is 3. The molecule has 0 amide bonds. The highest BCUT2D eigenvalue weighted by Crippen LogP contribution is 2.41. The van der Waals surface area contributed by atoms with Gasteiger partial charge in [0.05, 0.1) is 18.7 Å². The number of rotatable bonds is 5. The summed E-state index contributed by atoms with van der Waals surface area (Å²) in [5, 5.41) is 18.5. The van der Waals surface area contributed by atoms with E-state index in [4.69, 9.17) is 9.84 Å². The lowest BCUT2D eigenvalue weighted by atomic mass is 10.1. The quantitative estimate of drug-likeness (QED) is 0.714. The number of Topliss-reactive ketones (excluding diaryl/α,β-unsaturated/α-hetero) is 1. The van der Waals surface area contributed by atoms with Crippen LogP contribution in [0.15, 0.2) is 35.3 Å². The van der Waals surface area contributed by atoms with Crippen molar-refractivity contribution < 1.29 is 28.5 Å². The maximum atomic E-state index is 14.1. The number of hydrogen-bond donors (Lipinski definition) is 2. The van der Waals surface area contributed by atoms with Crippen LogP contribution in [0.4, 0.5) is 8.78 Å². The molecule has 0 unspecified atom stereocenters. The predicted molar refractivity (Wildman–Crippen MR) is 87.5 cm³/mol. The Balaban J connectivity index is 1.82. The lowest BCUT2D eigenvalue weighted by Gasteiger charge is -2.21. The summed E-state index contributed by atoms with van der Waals surface area (Å²) < 4.78 is 33.7. The zero-order valence-electron chi connectivity index (χ0n) is 14.2. The van der Waals surface area contributed by atoms with Crippen LogP contribution in [0.2, 0.25) is 0 Å². The number of alkyl halides is 2. The maximum Gasteiger partial charge on any atom is 0.350 e. The Morgan fingerprint density at radius 3 is 2.67 bits per heavy atom. The SMILES string of the molecule is Cc1cccc(C(=O)Cc2ccn([C@@H]3O[C@H](CO)[C@@H](O)C3(F)F)c(=O)n2)n1. The van der Waals surface area contributed by atoms with Gasteiger partial charge in [-0.2, -0.15) is 13.8 Å². The van der Waals surface area contributed by atoms with E-state index in [1.807, 2.05) is 0 Å².